The van der Waals surface area contributed by atoms with Crippen molar-refractivity contribution in [3.63, 3.8) is 0 Å². The van der Waals surface area contributed by atoms with E-state index in [0.29, 0.717) is 19.3 Å². The molecule has 0 aromatic heterocycles. The maximum atomic E-state index is 13.1. The zero-order chi connectivity index (χ0) is 36.7. The maximum Gasteiger partial charge on any atom is 0.273 e. The molecule has 0 saturated carbocycles. The third-order valence-corrected chi connectivity index (χ3v) is 9.27. The third kappa shape index (κ3) is 15.6. The summed E-state index contributed by atoms with van der Waals surface area (Å²) in [7, 11) is 0. The Bertz CT molecular complexity index is 1350. The zero-order valence-corrected chi connectivity index (χ0v) is 30.9. The molecule has 0 saturated heterocycles. The Morgan fingerprint density at radius 3 is 1.44 bits per heavy atom. The molecule has 0 aliphatic carbocycles. The highest BCUT2D eigenvalue weighted by molar-refractivity contribution is 5.98. The van der Waals surface area contributed by atoms with E-state index in [1.165, 1.54) is 38.5 Å². The van der Waals surface area contributed by atoms with Gasteiger partial charge in [-0.2, -0.15) is 0 Å². The van der Waals surface area contributed by atoms with Crippen LogP contribution < -0.4 is 21.7 Å². The van der Waals surface area contributed by atoms with Gasteiger partial charge in [-0.25, -0.2) is 0 Å². The molecule has 2 aromatic carbocycles. The lowest BCUT2D eigenvalue weighted by Gasteiger charge is -2.19. The highest BCUT2D eigenvalue weighted by Crippen LogP contribution is 2.23. The minimum atomic E-state index is -0.617. The number of nitrogens with one attached hydrogen (secondary N) is 4. The van der Waals surface area contributed by atoms with Crippen molar-refractivity contribution in [3.05, 3.63) is 58.7 Å². The number of phenols is 2. The first kappa shape index (κ1) is 42.1. The van der Waals surface area contributed by atoms with Gasteiger partial charge in [0, 0.05) is 11.8 Å². The molecule has 6 N–H and O–H groups in total. The van der Waals surface area contributed by atoms with Crippen molar-refractivity contribution in [1.82, 2.24) is 21.7 Å². The summed E-state index contributed by atoms with van der Waals surface area (Å²) in [5, 5.41) is 20.9. The maximum absolute atomic E-state index is 13.1. The summed E-state index contributed by atoms with van der Waals surface area (Å²) < 4.78 is 0. The second kappa shape index (κ2) is 24.1. The first-order valence-corrected chi connectivity index (χ1v) is 18.9. The van der Waals surface area contributed by atoms with Gasteiger partial charge in [-0.05, 0) is 80.3 Å². The molecular weight excluding hydrogens is 632 g/mol. The molecule has 0 aliphatic heterocycles. The van der Waals surface area contributed by atoms with E-state index in [4.69, 9.17) is 0 Å². The van der Waals surface area contributed by atoms with E-state index in [1.807, 2.05) is 12.1 Å². The van der Waals surface area contributed by atoms with Crippen molar-refractivity contribution in [1.29, 1.82) is 0 Å². The predicted octanol–water partition coefficient (Wildman–Crippen LogP) is 7.96. The van der Waals surface area contributed by atoms with Gasteiger partial charge in [0.25, 0.3) is 11.8 Å². The summed E-state index contributed by atoms with van der Waals surface area (Å²) in [5.41, 5.74) is 11.8. The van der Waals surface area contributed by atoms with Gasteiger partial charge >= 0.3 is 0 Å². The Hall–Kier alpha value is -4.08. The highest BCUT2D eigenvalue weighted by Gasteiger charge is 2.23. The van der Waals surface area contributed by atoms with Gasteiger partial charge in [0.15, 0.2) is 0 Å². The number of hydrogen-bond acceptors (Lipinski definition) is 6. The summed E-state index contributed by atoms with van der Waals surface area (Å²) in [6.45, 7) is 8.14. The summed E-state index contributed by atoms with van der Waals surface area (Å²) >= 11 is 0. The monoisotopic (exact) mass is 694 g/mol. The summed E-state index contributed by atoms with van der Waals surface area (Å²) in [6, 6.07) is 9.99. The van der Waals surface area contributed by atoms with Crippen LogP contribution in [-0.4, -0.2) is 33.8 Å². The fraction of sp³-hybridized carbons (Fsp3) is 0.600. The van der Waals surface area contributed by atoms with Crippen molar-refractivity contribution in [3.8, 4) is 11.5 Å². The molecule has 2 rings (SSSR count). The SMILES string of the molecule is CCCCCCCc1ccc(C(=O)NNC(=O)C(C)CCC(CCCCC)C(=O)NNC(=O)c2ccc(CCCCCCC)cc2O)c(O)c1. The predicted molar refractivity (Wildman–Crippen MR) is 198 cm³/mol. The molecule has 0 heterocycles. The van der Waals surface area contributed by atoms with E-state index in [0.717, 1.165) is 68.9 Å². The lowest BCUT2D eigenvalue weighted by Crippen LogP contribution is -2.45. The van der Waals surface area contributed by atoms with Gasteiger partial charge in [-0.3, -0.25) is 40.9 Å². The van der Waals surface area contributed by atoms with Crippen molar-refractivity contribution < 1.29 is 29.4 Å². The summed E-state index contributed by atoms with van der Waals surface area (Å²) in [5.74, 6) is -3.23. The number of carbonyl (C=O) groups is 4. The van der Waals surface area contributed by atoms with Crippen molar-refractivity contribution in [2.45, 2.75) is 143 Å². The van der Waals surface area contributed by atoms with Crippen molar-refractivity contribution >= 4 is 23.6 Å². The number of unbranched alkanes of at least 4 members (excludes halogenated alkanes) is 10. The van der Waals surface area contributed by atoms with Crippen LogP contribution >= 0.6 is 0 Å². The minimum Gasteiger partial charge on any atom is -0.507 e. The molecule has 0 spiro atoms. The lowest BCUT2D eigenvalue weighted by molar-refractivity contribution is -0.128. The van der Waals surface area contributed by atoms with E-state index in [-0.39, 0.29) is 28.5 Å². The van der Waals surface area contributed by atoms with Crippen LogP contribution in [0.2, 0.25) is 0 Å². The van der Waals surface area contributed by atoms with Crippen LogP contribution in [-0.2, 0) is 22.4 Å². The molecule has 278 valence electrons. The molecule has 10 nitrogen and oxygen atoms in total. The second-order valence-corrected chi connectivity index (χ2v) is 13.6. The van der Waals surface area contributed by atoms with Crippen LogP contribution in [0.5, 0.6) is 11.5 Å². The average Bonchev–Trinajstić information content (AvgIpc) is 3.10. The smallest absolute Gasteiger partial charge is 0.273 e. The topological polar surface area (TPSA) is 157 Å². The van der Waals surface area contributed by atoms with Crippen LogP contribution in [0, 0.1) is 11.8 Å². The van der Waals surface area contributed by atoms with Gasteiger partial charge in [0.2, 0.25) is 11.8 Å². The molecule has 2 aromatic rings. The molecule has 2 unspecified atom stereocenters. The molecule has 0 fully saturated rings. The number of aromatic hydroxyl groups is 2. The minimum absolute atomic E-state index is 0.0736. The molecule has 2 atom stereocenters. The molecule has 50 heavy (non-hydrogen) atoms. The van der Waals surface area contributed by atoms with E-state index in [2.05, 4.69) is 42.5 Å². The van der Waals surface area contributed by atoms with Gasteiger partial charge in [-0.15, -0.1) is 0 Å². The molecule has 4 amide bonds. The van der Waals surface area contributed by atoms with Gasteiger partial charge < -0.3 is 10.2 Å². The first-order chi connectivity index (χ1) is 24.1. The van der Waals surface area contributed by atoms with Crippen LogP contribution in [0.25, 0.3) is 0 Å². The van der Waals surface area contributed by atoms with Crippen LogP contribution in [0.3, 0.4) is 0 Å². The molecule has 0 bridgehead atoms. The van der Waals surface area contributed by atoms with E-state index in [1.54, 1.807) is 31.2 Å². The Balaban J connectivity index is 1.85. The number of hydrogen-bond donors (Lipinski definition) is 6. The lowest BCUT2D eigenvalue weighted by atomic mass is 9.91. The van der Waals surface area contributed by atoms with E-state index >= 15 is 0 Å². The third-order valence-electron chi connectivity index (χ3n) is 9.27. The van der Waals surface area contributed by atoms with Crippen LogP contribution in [0.4, 0.5) is 0 Å². The number of hydrazine groups is 2. The molecule has 0 radical (unpaired) electrons. The number of amides is 4. The largest absolute Gasteiger partial charge is 0.507 e. The van der Waals surface area contributed by atoms with Crippen LogP contribution in [0.15, 0.2) is 36.4 Å². The highest BCUT2D eigenvalue weighted by atomic mass is 16.3. The van der Waals surface area contributed by atoms with Crippen molar-refractivity contribution in [2.24, 2.45) is 11.8 Å². The summed E-state index contributed by atoms with van der Waals surface area (Å²) in [4.78, 5) is 51.5. The second-order valence-electron chi connectivity index (χ2n) is 13.6. The van der Waals surface area contributed by atoms with Gasteiger partial charge in [-0.1, -0.05) is 110 Å². The normalized spacial score (nSPS) is 12.2. The van der Waals surface area contributed by atoms with E-state index in [9.17, 15) is 29.4 Å². The van der Waals surface area contributed by atoms with Crippen LogP contribution in [0.1, 0.15) is 162 Å². The fourth-order valence-corrected chi connectivity index (χ4v) is 5.94. The standard InChI is InChI=1S/C40H62N4O6/c1-5-8-11-13-16-18-30-22-25-33(35(45)27-30)39(49)43-41-37(47)29(4)21-24-32(20-15-10-7-3)38(48)42-44-40(50)34-26-23-31(28-36(34)46)19-17-14-12-9-6-2/h22-23,25-29,32,45-46H,5-21,24H2,1-4H3,(H,41,47)(H,42,48)(H,43,49)(H,44,50). The Kier molecular flexibility index (Phi) is 20.3. The number of carbonyl (C=O) groups excluding carboxylic acids is 4. The molecule has 0 aliphatic rings. The molecular formula is C40H62N4O6. The Labute approximate surface area is 299 Å². The quantitative estimate of drug-likeness (QED) is 0.0512. The van der Waals surface area contributed by atoms with Gasteiger partial charge in [0.1, 0.15) is 11.5 Å². The fourth-order valence-electron chi connectivity index (χ4n) is 5.94. The number of benzene rings is 2. The van der Waals surface area contributed by atoms with Gasteiger partial charge in [0.05, 0.1) is 11.1 Å². The Morgan fingerprint density at radius 1 is 0.540 bits per heavy atom. The summed E-state index contributed by atoms with van der Waals surface area (Å²) in [6.07, 6.45) is 17.2. The molecule has 10 heteroatoms. The Morgan fingerprint density at radius 2 is 0.980 bits per heavy atom. The number of rotatable bonds is 23. The number of phenolic OH excluding ortho intramolecular Hbond substituents is 2. The first-order valence-electron chi connectivity index (χ1n) is 18.9. The zero-order valence-electron chi connectivity index (χ0n) is 30.9. The van der Waals surface area contributed by atoms with E-state index < -0.39 is 29.6 Å². The average molecular weight is 695 g/mol. The van der Waals surface area contributed by atoms with Crippen molar-refractivity contribution in [2.75, 3.05) is 0 Å². The number of aryl methyl sites for hydroxylation is 2.